The maximum absolute atomic E-state index is 12.0. The van der Waals surface area contributed by atoms with Crippen LogP contribution in [0.5, 0.6) is 0 Å². The number of hydrogen-bond donors (Lipinski definition) is 2. The molecule has 0 spiro atoms. The van der Waals surface area contributed by atoms with Crippen molar-refractivity contribution >= 4 is 58.2 Å². The van der Waals surface area contributed by atoms with Crippen molar-refractivity contribution in [3.63, 3.8) is 0 Å². The molecule has 0 saturated carbocycles. The molecule has 0 saturated heterocycles. The van der Waals surface area contributed by atoms with Crippen molar-refractivity contribution in [1.29, 1.82) is 0 Å². The Morgan fingerprint density at radius 3 is 2.09 bits per heavy atom. The van der Waals surface area contributed by atoms with Crippen LogP contribution >= 0.6 is 34.8 Å². The Bertz CT molecular complexity index is 766. The average Bonchev–Trinajstić information content (AvgIpc) is 2.52. The minimum atomic E-state index is -0.585. The van der Waals surface area contributed by atoms with Crippen molar-refractivity contribution in [2.45, 2.75) is 0 Å². The molecule has 0 bridgehead atoms. The molecule has 2 aromatic carbocycles. The van der Waals surface area contributed by atoms with E-state index in [9.17, 15) is 9.59 Å². The van der Waals surface area contributed by atoms with Crippen LogP contribution in [0.2, 0.25) is 15.1 Å². The summed E-state index contributed by atoms with van der Waals surface area (Å²) in [6.45, 7) is 0. The van der Waals surface area contributed by atoms with Crippen molar-refractivity contribution in [2.75, 3.05) is 17.7 Å². The van der Waals surface area contributed by atoms with Gasteiger partial charge in [0.05, 0.1) is 34.1 Å². The molecule has 0 aromatic heterocycles. The van der Waals surface area contributed by atoms with Gasteiger partial charge in [0, 0.05) is 5.02 Å². The molecular formula is C15H11Cl3N2O3. The Morgan fingerprint density at radius 1 is 0.913 bits per heavy atom. The molecule has 8 heteroatoms. The molecule has 0 atom stereocenters. The second-order valence-electron chi connectivity index (χ2n) is 4.39. The maximum atomic E-state index is 12.0. The van der Waals surface area contributed by atoms with Crippen molar-refractivity contribution in [1.82, 2.24) is 0 Å². The summed E-state index contributed by atoms with van der Waals surface area (Å²) in [4.78, 5) is 23.6. The van der Waals surface area contributed by atoms with Crippen LogP contribution in [0.1, 0.15) is 10.4 Å². The standard InChI is InChI=1S/C15H11Cl3N2O3/c1-23-14(21)8-2-4-10(17)12(6-8)19-15(22)20-13-7-9(16)3-5-11(13)18/h2-7H,1H3,(H2,19,20,22). The van der Waals surface area contributed by atoms with Gasteiger partial charge in [0.25, 0.3) is 0 Å². The third-order valence-corrected chi connectivity index (χ3v) is 3.71. The number of benzene rings is 2. The topological polar surface area (TPSA) is 67.4 Å². The number of rotatable bonds is 3. The van der Waals surface area contributed by atoms with Crippen LogP contribution in [0, 0.1) is 0 Å². The van der Waals surface area contributed by atoms with Crippen LogP contribution in [0.4, 0.5) is 16.2 Å². The lowest BCUT2D eigenvalue weighted by molar-refractivity contribution is 0.0600. The van der Waals surface area contributed by atoms with E-state index in [1.54, 1.807) is 12.1 Å². The summed E-state index contributed by atoms with van der Waals surface area (Å²) in [5.41, 5.74) is 0.857. The van der Waals surface area contributed by atoms with Gasteiger partial charge >= 0.3 is 12.0 Å². The molecule has 23 heavy (non-hydrogen) atoms. The largest absolute Gasteiger partial charge is 0.465 e. The molecule has 0 aliphatic heterocycles. The van der Waals surface area contributed by atoms with Crippen molar-refractivity contribution < 1.29 is 14.3 Å². The van der Waals surface area contributed by atoms with Gasteiger partial charge in [-0.2, -0.15) is 0 Å². The Kier molecular flexibility index (Phi) is 5.71. The molecule has 0 heterocycles. The Labute approximate surface area is 147 Å². The maximum Gasteiger partial charge on any atom is 0.337 e. The molecule has 2 aromatic rings. The molecule has 0 radical (unpaired) electrons. The predicted molar refractivity (Wildman–Crippen MR) is 91.9 cm³/mol. The average molecular weight is 374 g/mol. The normalized spacial score (nSPS) is 10.1. The summed E-state index contributed by atoms with van der Waals surface area (Å²) in [6, 6.07) is 8.47. The minimum Gasteiger partial charge on any atom is -0.465 e. The number of anilines is 2. The van der Waals surface area contributed by atoms with Crippen molar-refractivity contribution in [2.24, 2.45) is 0 Å². The molecule has 0 aliphatic rings. The highest BCUT2D eigenvalue weighted by molar-refractivity contribution is 6.36. The highest BCUT2D eigenvalue weighted by Crippen LogP contribution is 2.27. The fraction of sp³-hybridized carbons (Fsp3) is 0.0667. The van der Waals surface area contributed by atoms with Crippen LogP contribution in [0.3, 0.4) is 0 Å². The zero-order valence-corrected chi connectivity index (χ0v) is 14.1. The van der Waals surface area contributed by atoms with E-state index >= 15 is 0 Å². The minimum absolute atomic E-state index is 0.255. The first-order chi connectivity index (χ1) is 10.9. The van der Waals surface area contributed by atoms with Gasteiger partial charge in [-0.05, 0) is 36.4 Å². The molecule has 2 amide bonds. The summed E-state index contributed by atoms with van der Waals surface area (Å²) < 4.78 is 4.62. The SMILES string of the molecule is COC(=O)c1ccc(Cl)c(NC(=O)Nc2cc(Cl)ccc2Cl)c1. The lowest BCUT2D eigenvalue weighted by Crippen LogP contribution is -2.20. The van der Waals surface area contributed by atoms with Gasteiger partial charge in [-0.3, -0.25) is 0 Å². The fourth-order valence-electron chi connectivity index (χ4n) is 1.74. The van der Waals surface area contributed by atoms with Crippen LogP contribution in [0.15, 0.2) is 36.4 Å². The summed E-state index contributed by atoms with van der Waals surface area (Å²) in [6.07, 6.45) is 0. The zero-order valence-electron chi connectivity index (χ0n) is 11.8. The predicted octanol–water partition coefficient (Wildman–Crippen LogP) is 5.08. The number of nitrogens with one attached hydrogen (secondary N) is 2. The molecule has 0 aliphatic carbocycles. The van der Waals surface area contributed by atoms with Crippen molar-refractivity contribution in [3.8, 4) is 0 Å². The van der Waals surface area contributed by atoms with E-state index < -0.39 is 12.0 Å². The van der Waals surface area contributed by atoms with E-state index in [1.807, 2.05) is 0 Å². The van der Waals surface area contributed by atoms with Gasteiger partial charge in [-0.25, -0.2) is 9.59 Å². The van der Waals surface area contributed by atoms with Crippen LogP contribution in [-0.2, 0) is 4.74 Å². The van der Waals surface area contributed by atoms with E-state index in [-0.39, 0.29) is 16.3 Å². The number of carbonyl (C=O) groups excluding carboxylic acids is 2. The van der Waals surface area contributed by atoms with Gasteiger partial charge in [0.15, 0.2) is 0 Å². The molecule has 2 rings (SSSR count). The first kappa shape index (κ1) is 17.4. The smallest absolute Gasteiger partial charge is 0.337 e. The van der Waals surface area contributed by atoms with Crippen molar-refractivity contribution in [3.05, 3.63) is 57.0 Å². The highest BCUT2D eigenvalue weighted by atomic mass is 35.5. The Balaban J connectivity index is 2.17. The molecule has 5 nitrogen and oxygen atoms in total. The monoisotopic (exact) mass is 372 g/mol. The third-order valence-electron chi connectivity index (χ3n) is 2.81. The van der Waals surface area contributed by atoms with E-state index in [1.165, 1.54) is 31.4 Å². The van der Waals surface area contributed by atoms with Gasteiger partial charge in [0.1, 0.15) is 0 Å². The van der Waals surface area contributed by atoms with E-state index in [0.717, 1.165) is 0 Å². The molecule has 120 valence electrons. The lowest BCUT2D eigenvalue weighted by Gasteiger charge is -2.11. The van der Waals surface area contributed by atoms with Gasteiger partial charge in [-0.1, -0.05) is 34.8 Å². The Hall–Kier alpha value is -1.95. The van der Waals surface area contributed by atoms with E-state index in [2.05, 4.69) is 15.4 Å². The second kappa shape index (κ2) is 7.55. The van der Waals surface area contributed by atoms with E-state index in [4.69, 9.17) is 34.8 Å². The zero-order chi connectivity index (χ0) is 17.0. The molecule has 2 N–H and O–H groups in total. The lowest BCUT2D eigenvalue weighted by atomic mass is 10.2. The fourth-order valence-corrected chi connectivity index (χ4v) is 2.24. The quantitative estimate of drug-likeness (QED) is 0.737. The molecule has 0 unspecified atom stereocenters. The molecule has 0 fully saturated rings. The first-order valence-corrected chi connectivity index (χ1v) is 7.45. The summed E-state index contributed by atoms with van der Waals surface area (Å²) in [5, 5.41) is 6.11. The van der Waals surface area contributed by atoms with Gasteiger partial charge < -0.3 is 15.4 Å². The number of halogens is 3. The van der Waals surface area contributed by atoms with Crippen LogP contribution in [-0.4, -0.2) is 19.1 Å². The van der Waals surface area contributed by atoms with E-state index in [0.29, 0.717) is 15.7 Å². The second-order valence-corrected chi connectivity index (χ2v) is 5.64. The number of methoxy groups -OCH3 is 1. The highest BCUT2D eigenvalue weighted by Gasteiger charge is 2.12. The molecular weight excluding hydrogens is 363 g/mol. The number of carbonyl (C=O) groups is 2. The summed E-state index contributed by atoms with van der Waals surface area (Å²) >= 11 is 17.8. The number of esters is 1. The van der Waals surface area contributed by atoms with Crippen LogP contribution < -0.4 is 10.6 Å². The summed E-state index contributed by atoms with van der Waals surface area (Å²) in [7, 11) is 1.26. The number of urea groups is 1. The first-order valence-electron chi connectivity index (χ1n) is 6.31. The number of hydrogen-bond acceptors (Lipinski definition) is 3. The summed E-state index contributed by atoms with van der Waals surface area (Å²) in [5.74, 6) is -0.539. The number of ether oxygens (including phenoxy) is 1. The van der Waals surface area contributed by atoms with Gasteiger partial charge in [-0.15, -0.1) is 0 Å². The van der Waals surface area contributed by atoms with Crippen LogP contribution in [0.25, 0.3) is 0 Å². The number of amides is 2. The third kappa shape index (κ3) is 4.51. The van der Waals surface area contributed by atoms with Gasteiger partial charge in [0.2, 0.25) is 0 Å². The Morgan fingerprint density at radius 2 is 1.48 bits per heavy atom.